The molecule has 1 aromatic carbocycles. The molecule has 1 saturated heterocycles. The van der Waals surface area contributed by atoms with Crippen LogP contribution in [-0.4, -0.2) is 43.1 Å². The summed E-state index contributed by atoms with van der Waals surface area (Å²) in [6.07, 6.45) is 0.469. The summed E-state index contributed by atoms with van der Waals surface area (Å²) in [5, 5.41) is 3.29. The smallest absolute Gasteiger partial charge is 0.227 e. The molecule has 20 heavy (non-hydrogen) atoms. The van der Waals surface area contributed by atoms with Crippen molar-refractivity contribution in [2.75, 3.05) is 26.2 Å². The van der Waals surface area contributed by atoms with E-state index in [1.54, 1.807) is 0 Å². The van der Waals surface area contributed by atoms with Gasteiger partial charge >= 0.3 is 0 Å². The van der Waals surface area contributed by atoms with Gasteiger partial charge in [-0.25, -0.2) is 0 Å². The molecule has 1 aliphatic rings. The van der Waals surface area contributed by atoms with Crippen molar-refractivity contribution in [2.45, 2.75) is 26.3 Å². The molecule has 4 nitrogen and oxygen atoms in total. The summed E-state index contributed by atoms with van der Waals surface area (Å²) in [6.45, 7) is 7.29. The number of carbonyl (C=O) groups is 1. The molecule has 0 bridgehead atoms. The van der Waals surface area contributed by atoms with Gasteiger partial charge in [-0.05, 0) is 31.5 Å². The Hall–Kier alpha value is -1.26. The first kappa shape index (κ1) is 16.8. The number of halogens is 1. The van der Waals surface area contributed by atoms with E-state index >= 15 is 0 Å². The van der Waals surface area contributed by atoms with E-state index in [0.717, 1.165) is 30.9 Å². The summed E-state index contributed by atoms with van der Waals surface area (Å²) in [6, 6.07) is 8.07. The second-order valence-corrected chi connectivity index (χ2v) is 4.89. The lowest BCUT2D eigenvalue weighted by Gasteiger charge is -2.34. The van der Waals surface area contributed by atoms with Gasteiger partial charge in [0.15, 0.2) is 0 Å². The van der Waals surface area contributed by atoms with Gasteiger partial charge in [0.05, 0.1) is 13.0 Å². The molecule has 1 aliphatic heterocycles. The van der Waals surface area contributed by atoms with Crippen molar-refractivity contribution in [1.29, 1.82) is 0 Å². The summed E-state index contributed by atoms with van der Waals surface area (Å²) in [4.78, 5) is 14.2. The quantitative estimate of drug-likeness (QED) is 0.923. The summed E-state index contributed by atoms with van der Waals surface area (Å²) in [7, 11) is 0. The van der Waals surface area contributed by atoms with Crippen molar-refractivity contribution in [1.82, 2.24) is 10.2 Å². The third-order valence-electron chi connectivity index (χ3n) is 3.41. The molecule has 0 aromatic heterocycles. The van der Waals surface area contributed by atoms with Gasteiger partial charge in [-0.15, -0.1) is 12.4 Å². The maximum atomic E-state index is 12.3. The average molecular weight is 299 g/mol. The zero-order chi connectivity index (χ0) is 13.7. The fourth-order valence-corrected chi connectivity index (χ4v) is 2.36. The highest BCUT2D eigenvalue weighted by Crippen LogP contribution is 2.14. The fraction of sp³-hybridized carbons (Fsp3) is 0.533. The van der Waals surface area contributed by atoms with Crippen molar-refractivity contribution in [2.24, 2.45) is 0 Å². The zero-order valence-electron chi connectivity index (χ0n) is 12.1. The Morgan fingerprint density at radius 2 is 2.10 bits per heavy atom. The number of hydrogen-bond donors (Lipinski definition) is 1. The Labute approximate surface area is 126 Å². The van der Waals surface area contributed by atoms with Crippen LogP contribution in [0.3, 0.4) is 0 Å². The molecule has 1 heterocycles. The average Bonchev–Trinajstić information content (AvgIpc) is 2.42. The number of piperazine rings is 1. The molecule has 0 radical (unpaired) electrons. The molecule has 5 heteroatoms. The highest BCUT2D eigenvalue weighted by molar-refractivity contribution is 5.85. The lowest BCUT2D eigenvalue weighted by molar-refractivity contribution is -0.133. The minimum absolute atomic E-state index is 0. The van der Waals surface area contributed by atoms with Crippen LogP contribution in [0.1, 0.15) is 19.4 Å². The molecule has 1 fully saturated rings. The van der Waals surface area contributed by atoms with E-state index in [2.05, 4.69) is 12.2 Å². The second kappa shape index (κ2) is 8.12. The largest absolute Gasteiger partial charge is 0.494 e. The molecule has 0 aliphatic carbocycles. The van der Waals surface area contributed by atoms with Gasteiger partial charge in [0.2, 0.25) is 5.91 Å². The van der Waals surface area contributed by atoms with Gasteiger partial charge in [-0.3, -0.25) is 4.79 Å². The van der Waals surface area contributed by atoms with Crippen LogP contribution in [-0.2, 0) is 11.2 Å². The Balaban J connectivity index is 0.00000200. The summed E-state index contributed by atoms with van der Waals surface area (Å²) < 4.78 is 5.40. The van der Waals surface area contributed by atoms with E-state index in [9.17, 15) is 4.79 Å². The maximum Gasteiger partial charge on any atom is 0.227 e. The predicted octanol–water partition coefficient (Wildman–Crippen LogP) is 1.87. The first-order chi connectivity index (χ1) is 9.20. The summed E-state index contributed by atoms with van der Waals surface area (Å²) in [5.74, 6) is 1.06. The number of ether oxygens (including phenoxy) is 1. The van der Waals surface area contributed by atoms with Crippen molar-refractivity contribution in [3.63, 3.8) is 0 Å². The standard InChI is InChI=1S/C15H22N2O2.ClH/c1-3-19-14-6-4-13(5-7-14)10-15(18)17-9-8-16-11-12(17)2;/h4-7,12,16H,3,8-11H2,1-2H3;1H. The van der Waals surface area contributed by atoms with Crippen LogP contribution < -0.4 is 10.1 Å². The van der Waals surface area contributed by atoms with Crippen molar-refractivity contribution < 1.29 is 9.53 Å². The molecule has 2 rings (SSSR count). The number of hydrogen-bond acceptors (Lipinski definition) is 3. The Morgan fingerprint density at radius 1 is 1.40 bits per heavy atom. The van der Waals surface area contributed by atoms with Gasteiger partial charge in [0.25, 0.3) is 0 Å². The highest BCUT2D eigenvalue weighted by Gasteiger charge is 2.22. The van der Waals surface area contributed by atoms with E-state index in [0.29, 0.717) is 13.0 Å². The van der Waals surface area contributed by atoms with Crippen LogP contribution in [0.2, 0.25) is 0 Å². The molecule has 0 saturated carbocycles. The third kappa shape index (κ3) is 4.39. The van der Waals surface area contributed by atoms with Crippen LogP contribution in [0, 0.1) is 0 Å². The topological polar surface area (TPSA) is 41.6 Å². The molecular weight excluding hydrogens is 276 g/mol. The summed E-state index contributed by atoms with van der Waals surface area (Å²) in [5.41, 5.74) is 1.04. The summed E-state index contributed by atoms with van der Waals surface area (Å²) >= 11 is 0. The third-order valence-corrected chi connectivity index (χ3v) is 3.41. The van der Waals surface area contributed by atoms with Crippen molar-refractivity contribution in [3.05, 3.63) is 29.8 Å². The molecule has 1 amide bonds. The highest BCUT2D eigenvalue weighted by atomic mass is 35.5. The van der Waals surface area contributed by atoms with E-state index in [-0.39, 0.29) is 24.4 Å². The lowest BCUT2D eigenvalue weighted by atomic mass is 10.1. The second-order valence-electron chi connectivity index (χ2n) is 4.89. The molecule has 1 atom stereocenters. The van der Waals surface area contributed by atoms with E-state index < -0.39 is 0 Å². The SMILES string of the molecule is CCOc1ccc(CC(=O)N2CCNCC2C)cc1.Cl. The number of nitrogens with zero attached hydrogens (tertiary/aromatic N) is 1. The number of amides is 1. The maximum absolute atomic E-state index is 12.3. The normalized spacial score (nSPS) is 18.3. The van der Waals surface area contributed by atoms with Gasteiger partial charge < -0.3 is 15.0 Å². The predicted molar refractivity (Wildman–Crippen MR) is 82.6 cm³/mol. The molecule has 1 unspecified atom stereocenters. The van der Waals surface area contributed by atoms with Gasteiger partial charge in [0.1, 0.15) is 5.75 Å². The Bertz CT molecular complexity index is 422. The van der Waals surface area contributed by atoms with Gasteiger partial charge in [-0.2, -0.15) is 0 Å². The van der Waals surface area contributed by atoms with Crippen LogP contribution >= 0.6 is 12.4 Å². The number of carbonyl (C=O) groups excluding carboxylic acids is 1. The minimum Gasteiger partial charge on any atom is -0.494 e. The lowest BCUT2D eigenvalue weighted by Crippen LogP contribution is -2.52. The minimum atomic E-state index is 0. The van der Waals surface area contributed by atoms with Crippen LogP contribution in [0.25, 0.3) is 0 Å². The monoisotopic (exact) mass is 298 g/mol. The molecule has 1 aromatic rings. The molecule has 0 spiro atoms. The van der Waals surface area contributed by atoms with E-state index in [1.807, 2.05) is 36.1 Å². The van der Waals surface area contributed by atoms with Crippen molar-refractivity contribution in [3.8, 4) is 5.75 Å². The molecular formula is C15H23ClN2O2. The van der Waals surface area contributed by atoms with Crippen LogP contribution in [0.4, 0.5) is 0 Å². The molecule has 112 valence electrons. The van der Waals surface area contributed by atoms with E-state index in [4.69, 9.17) is 4.74 Å². The van der Waals surface area contributed by atoms with Crippen molar-refractivity contribution >= 4 is 18.3 Å². The number of rotatable bonds is 4. The number of benzene rings is 1. The fourth-order valence-electron chi connectivity index (χ4n) is 2.36. The Morgan fingerprint density at radius 3 is 2.70 bits per heavy atom. The van der Waals surface area contributed by atoms with Gasteiger partial charge in [0, 0.05) is 25.7 Å². The first-order valence-corrected chi connectivity index (χ1v) is 6.92. The van der Waals surface area contributed by atoms with Gasteiger partial charge in [-0.1, -0.05) is 12.1 Å². The van der Waals surface area contributed by atoms with Crippen LogP contribution in [0.15, 0.2) is 24.3 Å². The zero-order valence-corrected chi connectivity index (χ0v) is 12.9. The number of nitrogens with one attached hydrogen (secondary N) is 1. The molecule has 1 N–H and O–H groups in total. The first-order valence-electron chi connectivity index (χ1n) is 6.92. The Kier molecular flexibility index (Phi) is 6.82. The van der Waals surface area contributed by atoms with Crippen LogP contribution in [0.5, 0.6) is 5.75 Å². The van der Waals surface area contributed by atoms with E-state index in [1.165, 1.54) is 0 Å².